The van der Waals surface area contributed by atoms with E-state index >= 15 is 0 Å². The van der Waals surface area contributed by atoms with E-state index in [2.05, 4.69) is 44.5 Å². The topological polar surface area (TPSA) is 67.2 Å². The second-order valence-corrected chi connectivity index (χ2v) is 8.08. The Labute approximate surface area is 177 Å². The van der Waals surface area contributed by atoms with Crippen LogP contribution >= 0.6 is 0 Å². The number of nitrogens with zero attached hydrogens (tertiary/aromatic N) is 6. The first-order valence-corrected chi connectivity index (χ1v) is 10.9. The van der Waals surface area contributed by atoms with Crippen LogP contribution in [0, 0.1) is 5.92 Å². The van der Waals surface area contributed by atoms with E-state index in [1.165, 1.54) is 23.8 Å². The average molecular weight is 407 g/mol. The smallest absolute Gasteiger partial charge is 0.276 e. The van der Waals surface area contributed by atoms with Crippen LogP contribution in [0.4, 0.5) is 0 Å². The quantitative estimate of drug-likeness (QED) is 0.603. The lowest BCUT2D eigenvalue weighted by Gasteiger charge is -2.32. The minimum atomic E-state index is -0.0395. The van der Waals surface area contributed by atoms with Crippen molar-refractivity contribution in [3.63, 3.8) is 0 Å². The Bertz CT molecular complexity index is 996. The van der Waals surface area contributed by atoms with Crippen LogP contribution in [0.3, 0.4) is 0 Å². The van der Waals surface area contributed by atoms with Crippen molar-refractivity contribution >= 4 is 16.8 Å². The van der Waals surface area contributed by atoms with E-state index in [1.54, 1.807) is 11.1 Å². The van der Waals surface area contributed by atoms with Crippen LogP contribution in [-0.2, 0) is 13.1 Å². The zero-order valence-corrected chi connectivity index (χ0v) is 17.9. The molecule has 158 valence electrons. The molecule has 4 rings (SSSR count). The van der Waals surface area contributed by atoms with Gasteiger partial charge < -0.3 is 4.90 Å². The average Bonchev–Trinajstić information content (AvgIpc) is 3.23. The largest absolute Gasteiger partial charge is 0.338 e. The fourth-order valence-electron chi connectivity index (χ4n) is 4.35. The Morgan fingerprint density at radius 3 is 2.93 bits per heavy atom. The van der Waals surface area contributed by atoms with Gasteiger partial charge in [0.1, 0.15) is 0 Å². The maximum atomic E-state index is 12.5. The zero-order chi connectivity index (χ0) is 20.9. The van der Waals surface area contributed by atoms with Gasteiger partial charge in [0.05, 0.1) is 11.7 Å². The summed E-state index contributed by atoms with van der Waals surface area (Å²) in [6, 6.07) is 10.6. The number of fused-ring (bicyclic) bond motifs is 1. The molecule has 0 radical (unpaired) electrons. The summed E-state index contributed by atoms with van der Waals surface area (Å²) in [4.78, 5) is 21.2. The number of rotatable bonds is 7. The molecular weight excluding hydrogens is 376 g/mol. The maximum Gasteiger partial charge on any atom is 0.276 e. The molecule has 7 nitrogen and oxygen atoms in total. The van der Waals surface area contributed by atoms with Crippen molar-refractivity contribution in [3.8, 4) is 0 Å². The number of hydrogen-bond acceptors (Lipinski definition) is 5. The summed E-state index contributed by atoms with van der Waals surface area (Å²) in [6.07, 6.45) is 6.00. The zero-order valence-electron chi connectivity index (χ0n) is 17.9. The van der Waals surface area contributed by atoms with Crippen molar-refractivity contribution in [3.05, 3.63) is 54.0 Å². The Morgan fingerprint density at radius 1 is 1.23 bits per heavy atom. The van der Waals surface area contributed by atoms with E-state index in [0.29, 0.717) is 24.7 Å². The lowest BCUT2D eigenvalue weighted by atomic mass is 9.97. The number of carbonyl (C=O) groups excluding carboxylic acids is 1. The van der Waals surface area contributed by atoms with Crippen LogP contribution in [0.2, 0.25) is 0 Å². The molecule has 1 aliphatic rings. The number of benzene rings is 1. The third-order valence-electron chi connectivity index (χ3n) is 5.93. The van der Waals surface area contributed by atoms with E-state index in [0.717, 1.165) is 31.7 Å². The van der Waals surface area contributed by atoms with Crippen molar-refractivity contribution in [1.82, 2.24) is 29.8 Å². The summed E-state index contributed by atoms with van der Waals surface area (Å²) in [6.45, 7) is 9.23. The first-order chi connectivity index (χ1) is 14.7. The number of aromatic nitrogens is 4. The Balaban J connectivity index is 1.36. The predicted octanol–water partition coefficient (Wildman–Crippen LogP) is 3.22. The summed E-state index contributed by atoms with van der Waals surface area (Å²) in [7, 11) is 0. The normalized spacial score (nSPS) is 17.3. The number of carbonyl (C=O) groups is 1. The highest BCUT2D eigenvalue weighted by Gasteiger charge is 2.22. The molecule has 0 bridgehead atoms. The summed E-state index contributed by atoms with van der Waals surface area (Å²) < 4.78 is 1.84. The number of amides is 1. The van der Waals surface area contributed by atoms with Gasteiger partial charge in [0.2, 0.25) is 0 Å². The summed E-state index contributed by atoms with van der Waals surface area (Å²) in [5, 5.41) is 9.53. The van der Waals surface area contributed by atoms with E-state index in [1.807, 2.05) is 30.8 Å². The SMILES string of the molecule is CCN(CC)C(=O)c1cn(CC2CCCN(Cc3ccc4ncccc4c3)C2)nn1. The van der Waals surface area contributed by atoms with Gasteiger partial charge in [-0.15, -0.1) is 5.10 Å². The lowest BCUT2D eigenvalue weighted by Crippen LogP contribution is -2.36. The minimum absolute atomic E-state index is 0.0395. The number of pyridine rings is 1. The molecule has 3 heterocycles. The molecule has 1 atom stereocenters. The molecule has 30 heavy (non-hydrogen) atoms. The van der Waals surface area contributed by atoms with Gasteiger partial charge in [0, 0.05) is 44.3 Å². The summed E-state index contributed by atoms with van der Waals surface area (Å²) in [5.41, 5.74) is 2.80. The first-order valence-electron chi connectivity index (χ1n) is 10.9. The molecule has 7 heteroatoms. The second kappa shape index (κ2) is 9.34. The lowest BCUT2D eigenvalue weighted by molar-refractivity contribution is 0.0767. The van der Waals surface area contributed by atoms with Crippen LogP contribution in [0.5, 0.6) is 0 Å². The molecule has 0 spiro atoms. The third-order valence-corrected chi connectivity index (χ3v) is 5.93. The van der Waals surface area contributed by atoms with Crippen molar-refractivity contribution in [2.45, 2.75) is 39.8 Å². The molecule has 1 fully saturated rings. The molecule has 0 saturated carbocycles. The molecule has 1 amide bonds. The standard InChI is InChI=1S/C23H30N6O/c1-3-28(4-2)23(30)22-17-29(26-25-22)16-19-7-6-12-27(15-19)14-18-9-10-21-20(13-18)8-5-11-24-21/h5,8-11,13,17,19H,3-4,6-7,12,14-16H2,1-2H3. The highest BCUT2D eigenvalue weighted by Crippen LogP contribution is 2.21. The monoisotopic (exact) mass is 406 g/mol. The first kappa shape index (κ1) is 20.5. The van der Waals surface area contributed by atoms with Crippen molar-refractivity contribution in [2.24, 2.45) is 5.92 Å². The van der Waals surface area contributed by atoms with Gasteiger partial charge in [-0.2, -0.15) is 0 Å². The van der Waals surface area contributed by atoms with E-state index in [4.69, 9.17) is 0 Å². The molecule has 1 aliphatic heterocycles. The van der Waals surface area contributed by atoms with Crippen molar-refractivity contribution < 1.29 is 4.79 Å². The van der Waals surface area contributed by atoms with Gasteiger partial charge in [-0.05, 0) is 62.9 Å². The molecule has 1 unspecified atom stereocenters. The number of piperidine rings is 1. The summed E-state index contributed by atoms with van der Waals surface area (Å²) in [5.74, 6) is 0.473. The van der Waals surface area contributed by atoms with Gasteiger partial charge in [0.25, 0.3) is 5.91 Å². The number of likely N-dealkylation sites (tertiary alicyclic amines) is 1. The Kier molecular flexibility index (Phi) is 6.38. The van der Waals surface area contributed by atoms with Crippen molar-refractivity contribution in [2.75, 3.05) is 26.2 Å². The maximum absolute atomic E-state index is 12.5. The molecule has 1 saturated heterocycles. The van der Waals surface area contributed by atoms with Crippen LogP contribution < -0.4 is 0 Å². The van der Waals surface area contributed by atoms with E-state index in [-0.39, 0.29) is 5.91 Å². The van der Waals surface area contributed by atoms with Gasteiger partial charge in [-0.1, -0.05) is 17.3 Å². The van der Waals surface area contributed by atoms with Crippen LogP contribution in [0.15, 0.2) is 42.7 Å². The fourth-order valence-corrected chi connectivity index (χ4v) is 4.35. The van der Waals surface area contributed by atoms with E-state index < -0.39 is 0 Å². The molecule has 2 aromatic heterocycles. The van der Waals surface area contributed by atoms with Crippen molar-refractivity contribution in [1.29, 1.82) is 0 Å². The molecule has 1 aromatic carbocycles. The highest BCUT2D eigenvalue weighted by molar-refractivity contribution is 5.91. The van der Waals surface area contributed by atoms with Gasteiger partial charge in [-0.3, -0.25) is 19.4 Å². The third kappa shape index (κ3) is 4.67. The minimum Gasteiger partial charge on any atom is -0.338 e. The fraction of sp³-hybridized carbons (Fsp3) is 0.478. The molecule has 3 aromatic rings. The molecular formula is C23H30N6O. The van der Waals surface area contributed by atoms with Gasteiger partial charge >= 0.3 is 0 Å². The van der Waals surface area contributed by atoms with Crippen LogP contribution in [0.1, 0.15) is 42.7 Å². The molecule has 0 N–H and O–H groups in total. The Morgan fingerprint density at radius 2 is 2.10 bits per heavy atom. The Hall–Kier alpha value is -2.80. The second-order valence-electron chi connectivity index (χ2n) is 8.08. The number of hydrogen-bond donors (Lipinski definition) is 0. The highest BCUT2D eigenvalue weighted by atomic mass is 16.2. The molecule has 0 aliphatic carbocycles. The van der Waals surface area contributed by atoms with E-state index in [9.17, 15) is 4.79 Å². The predicted molar refractivity (Wildman–Crippen MR) is 117 cm³/mol. The summed E-state index contributed by atoms with van der Waals surface area (Å²) >= 11 is 0. The van der Waals surface area contributed by atoms with Crippen LogP contribution in [-0.4, -0.2) is 61.9 Å². The van der Waals surface area contributed by atoms with Gasteiger partial charge in [-0.25, -0.2) is 0 Å². The van der Waals surface area contributed by atoms with Gasteiger partial charge in [0.15, 0.2) is 5.69 Å². The van der Waals surface area contributed by atoms with Crippen LogP contribution in [0.25, 0.3) is 10.9 Å².